The van der Waals surface area contributed by atoms with Crippen LogP contribution in [0.2, 0.25) is 5.02 Å². The molecule has 0 amide bonds. The van der Waals surface area contributed by atoms with Crippen molar-refractivity contribution in [3.63, 3.8) is 0 Å². The van der Waals surface area contributed by atoms with Crippen LogP contribution in [0.15, 0.2) is 91.8 Å². The first-order chi connectivity index (χ1) is 19.9. The number of alkyl halides is 2. The van der Waals surface area contributed by atoms with Crippen LogP contribution < -0.4 is 4.68 Å². The molecule has 4 aromatic heterocycles. The van der Waals surface area contributed by atoms with Crippen molar-refractivity contribution < 1.29 is 23.0 Å². The zero-order valence-electron chi connectivity index (χ0n) is 20.9. The zero-order chi connectivity index (χ0) is 28.5. The Morgan fingerprint density at radius 3 is 2.49 bits per heavy atom. The second kappa shape index (κ2) is 10.9. The van der Waals surface area contributed by atoms with Gasteiger partial charge in [0.2, 0.25) is 0 Å². The molecule has 0 unspecified atom stereocenters. The van der Waals surface area contributed by atoms with E-state index in [1.165, 1.54) is 46.4 Å². The van der Waals surface area contributed by atoms with Gasteiger partial charge in [0.15, 0.2) is 11.0 Å². The summed E-state index contributed by atoms with van der Waals surface area (Å²) in [5.41, 5.74) is 2.49. The molecule has 0 saturated carbocycles. The van der Waals surface area contributed by atoms with Gasteiger partial charge in [0, 0.05) is 29.7 Å². The van der Waals surface area contributed by atoms with E-state index in [0.29, 0.717) is 32.8 Å². The van der Waals surface area contributed by atoms with Gasteiger partial charge in [-0.3, -0.25) is 9.67 Å². The molecule has 10 nitrogen and oxygen atoms in total. The van der Waals surface area contributed by atoms with E-state index >= 15 is 4.39 Å². The SMILES string of the molecule is O[C@H](c1ccccc1)[C@H](c1ccc(-c2c(-[n+]3cnn[nH]3)ccc(Cl)c2F)cn1)n1cc(-c2ccnn2C(F)F)cn1. The van der Waals surface area contributed by atoms with E-state index in [4.69, 9.17) is 11.6 Å². The lowest BCUT2D eigenvalue weighted by molar-refractivity contribution is -0.659. The number of hydrogen-bond acceptors (Lipinski definition) is 6. The van der Waals surface area contributed by atoms with Gasteiger partial charge in [-0.15, -0.1) is 4.68 Å². The van der Waals surface area contributed by atoms with Gasteiger partial charge >= 0.3 is 6.55 Å². The Bertz CT molecular complexity index is 1770. The Morgan fingerprint density at radius 2 is 1.78 bits per heavy atom. The number of aromatic nitrogens is 9. The van der Waals surface area contributed by atoms with Crippen LogP contribution in [-0.2, 0) is 0 Å². The molecule has 0 spiro atoms. The Morgan fingerprint density at radius 1 is 0.951 bits per heavy atom. The van der Waals surface area contributed by atoms with Crippen LogP contribution in [0.25, 0.3) is 28.1 Å². The summed E-state index contributed by atoms with van der Waals surface area (Å²) in [7, 11) is 0. The number of halogens is 4. The maximum Gasteiger partial charge on any atom is 0.333 e. The number of aliphatic hydroxyl groups is 1. The molecular formula is C27H20ClF3N9O+. The molecule has 0 aliphatic rings. The zero-order valence-corrected chi connectivity index (χ0v) is 21.7. The summed E-state index contributed by atoms with van der Waals surface area (Å²) in [4.78, 5) is 4.57. The van der Waals surface area contributed by atoms with Crippen LogP contribution in [0.5, 0.6) is 0 Å². The number of pyridine rings is 1. The van der Waals surface area contributed by atoms with E-state index in [2.05, 4.69) is 30.7 Å². The summed E-state index contributed by atoms with van der Waals surface area (Å²) in [5.74, 6) is -0.658. The topological polar surface area (TPSA) is 114 Å². The molecule has 6 rings (SSSR count). The Kier molecular flexibility index (Phi) is 7.03. The lowest BCUT2D eigenvalue weighted by atomic mass is 9.98. The molecule has 2 atom stereocenters. The van der Waals surface area contributed by atoms with E-state index in [1.54, 1.807) is 48.7 Å². The number of hydrogen-bond donors (Lipinski definition) is 2. The van der Waals surface area contributed by atoms with Gasteiger partial charge in [-0.1, -0.05) is 53.2 Å². The molecule has 0 bridgehead atoms. The molecule has 0 aliphatic heterocycles. The average Bonchev–Trinajstić information content (AvgIpc) is 3.78. The van der Waals surface area contributed by atoms with Gasteiger partial charge < -0.3 is 5.11 Å². The molecule has 6 aromatic rings. The lowest BCUT2D eigenvalue weighted by Gasteiger charge is -2.24. The predicted octanol–water partition coefficient (Wildman–Crippen LogP) is 4.71. The molecule has 0 radical (unpaired) electrons. The first kappa shape index (κ1) is 26.3. The van der Waals surface area contributed by atoms with E-state index in [9.17, 15) is 13.9 Å². The van der Waals surface area contributed by atoms with Crippen molar-refractivity contribution in [2.75, 3.05) is 0 Å². The standard InChI is InChI=1S/C27H19ClF3N9O/c28-19-7-9-22(39-15-33-36-37-39)23(24(19)29)17-6-8-20(32-12-17)25(26(41)16-4-2-1-3-5-16)38-14-18(13-35-38)21-10-11-34-40(21)27(30)31/h1-15,25-27,41H/p+1/t25-,26+/m0/s1. The van der Waals surface area contributed by atoms with Crippen molar-refractivity contribution in [3.05, 3.63) is 114 Å². The second-order valence-electron chi connectivity index (χ2n) is 8.98. The van der Waals surface area contributed by atoms with Crippen molar-refractivity contribution in [1.29, 1.82) is 0 Å². The number of aromatic amines is 1. The number of nitrogens with zero attached hydrogens (tertiary/aromatic N) is 8. The highest BCUT2D eigenvalue weighted by molar-refractivity contribution is 6.31. The molecule has 0 saturated heterocycles. The van der Waals surface area contributed by atoms with Gasteiger partial charge in [-0.05, 0) is 29.8 Å². The smallest absolute Gasteiger partial charge is 0.333 e. The van der Waals surface area contributed by atoms with E-state index < -0.39 is 24.5 Å². The third kappa shape index (κ3) is 4.96. The van der Waals surface area contributed by atoms with Crippen molar-refractivity contribution in [3.8, 4) is 28.1 Å². The molecule has 41 heavy (non-hydrogen) atoms. The summed E-state index contributed by atoms with van der Waals surface area (Å²) >= 11 is 6.10. The van der Waals surface area contributed by atoms with E-state index in [0.717, 1.165) is 0 Å². The largest absolute Gasteiger partial charge is 0.386 e. The molecule has 0 fully saturated rings. The highest BCUT2D eigenvalue weighted by Gasteiger charge is 2.28. The summed E-state index contributed by atoms with van der Waals surface area (Å²) in [5, 5.41) is 29.5. The number of benzene rings is 2. The highest BCUT2D eigenvalue weighted by atomic mass is 35.5. The van der Waals surface area contributed by atoms with Crippen LogP contribution in [0.4, 0.5) is 13.2 Å². The molecular weight excluding hydrogens is 559 g/mol. The van der Waals surface area contributed by atoms with Crippen LogP contribution in [-0.4, -0.2) is 45.2 Å². The van der Waals surface area contributed by atoms with Crippen molar-refractivity contribution in [2.24, 2.45) is 0 Å². The molecule has 0 aliphatic carbocycles. The maximum absolute atomic E-state index is 15.3. The summed E-state index contributed by atoms with van der Waals surface area (Å²) in [6.45, 7) is -2.84. The monoisotopic (exact) mass is 578 g/mol. The fraction of sp³-hybridized carbons (Fsp3) is 0.111. The molecule has 2 aromatic carbocycles. The van der Waals surface area contributed by atoms with Crippen LogP contribution in [0.1, 0.15) is 30.0 Å². The summed E-state index contributed by atoms with van der Waals surface area (Å²) < 4.78 is 45.7. The van der Waals surface area contributed by atoms with Gasteiger partial charge in [0.25, 0.3) is 6.33 Å². The van der Waals surface area contributed by atoms with E-state index in [-0.39, 0.29) is 16.3 Å². The summed E-state index contributed by atoms with van der Waals surface area (Å²) in [6, 6.07) is 15.8. The quantitative estimate of drug-likeness (QED) is 0.253. The third-order valence-electron chi connectivity index (χ3n) is 6.57. The fourth-order valence-electron chi connectivity index (χ4n) is 4.63. The predicted molar refractivity (Wildman–Crippen MR) is 140 cm³/mol. The van der Waals surface area contributed by atoms with Gasteiger partial charge in [0.1, 0.15) is 22.9 Å². The van der Waals surface area contributed by atoms with Crippen molar-refractivity contribution in [1.82, 2.24) is 40.1 Å². The first-order valence-corrected chi connectivity index (χ1v) is 12.6. The third-order valence-corrected chi connectivity index (χ3v) is 6.86. The van der Waals surface area contributed by atoms with Crippen molar-refractivity contribution in [2.45, 2.75) is 18.7 Å². The lowest BCUT2D eigenvalue weighted by Crippen LogP contribution is -2.33. The first-order valence-electron chi connectivity index (χ1n) is 12.2. The van der Waals surface area contributed by atoms with Crippen LogP contribution in [0.3, 0.4) is 0 Å². The number of H-pyrrole nitrogens is 1. The number of rotatable bonds is 8. The molecule has 206 valence electrons. The van der Waals surface area contributed by atoms with Crippen molar-refractivity contribution >= 4 is 11.6 Å². The van der Waals surface area contributed by atoms with Crippen LogP contribution >= 0.6 is 11.6 Å². The molecule has 14 heteroatoms. The number of nitrogens with one attached hydrogen (secondary N) is 1. The Labute approximate surface area is 235 Å². The van der Waals surface area contributed by atoms with Crippen LogP contribution in [0, 0.1) is 5.82 Å². The number of aliphatic hydroxyl groups excluding tert-OH is 1. The Balaban J connectivity index is 1.43. The second-order valence-corrected chi connectivity index (χ2v) is 9.38. The summed E-state index contributed by atoms with van der Waals surface area (Å²) in [6.07, 6.45) is 5.95. The fourth-order valence-corrected chi connectivity index (χ4v) is 4.79. The molecule has 2 N–H and O–H groups in total. The maximum atomic E-state index is 15.3. The van der Waals surface area contributed by atoms with Gasteiger partial charge in [-0.25, -0.2) is 9.07 Å². The highest BCUT2D eigenvalue weighted by Crippen LogP contribution is 2.35. The minimum absolute atomic E-state index is 0.0783. The minimum Gasteiger partial charge on any atom is -0.386 e. The normalized spacial score (nSPS) is 13.0. The number of tetrazole rings is 1. The Hall–Kier alpha value is -4.88. The van der Waals surface area contributed by atoms with Gasteiger partial charge in [0.05, 0.1) is 28.2 Å². The minimum atomic E-state index is -2.84. The average molecular weight is 579 g/mol. The van der Waals surface area contributed by atoms with Gasteiger partial charge in [-0.2, -0.15) is 19.0 Å². The van der Waals surface area contributed by atoms with E-state index in [1.807, 2.05) is 6.07 Å². The molecule has 4 heterocycles.